The molecule has 2 aromatic rings. The molecule has 0 unspecified atom stereocenters. The molecule has 0 spiro atoms. The van der Waals surface area contributed by atoms with Gasteiger partial charge in [-0.2, -0.15) is 0 Å². The lowest BCUT2D eigenvalue weighted by Crippen LogP contribution is -2.35. The number of thiophene rings is 1. The molecule has 144 valence electrons. The van der Waals surface area contributed by atoms with Crippen molar-refractivity contribution in [3.8, 4) is 0 Å². The highest BCUT2D eigenvalue weighted by atomic mass is 35.5. The van der Waals surface area contributed by atoms with Crippen LogP contribution >= 0.6 is 22.9 Å². The number of pyridine rings is 1. The van der Waals surface area contributed by atoms with Crippen LogP contribution in [0, 0.1) is 0 Å². The van der Waals surface area contributed by atoms with Gasteiger partial charge in [0.15, 0.2) is 0 Å². The number of nitrogens with one attached hydrogen (secondary N) is 2. The summed E-state index contributed by atoms with van der Waals surface area (Å²) in [7, 11) is 0. The zero-order valence-corrected chi connectivity index (χ0v) is 16.8. The van der Waals surface area contributed by atoms with Gasteiger partial charge in [-0.05, 0) is 25.5 Å². The van der Waals surface area contributed by atoms with E-state index in [1.54, 1.807) is 10.6 Å². The molecule has 6 nitrogen and oxygen atoms in total. The molecule has 2 aromatic heterocycles. The van der Waals surface area contributed by atoms with E-state index in [-0.39, 0.29) is 30.3 Å². The third kappa shape index (κ3) is 5.30. The predicted molar refractivity (Wildman–Crippen MR) is 109 cm³/mol. The van der Waals surface area contributed by atoms with Gasteiger partial charge in [-0.1, -0.05) is 24.6 Å². The second-order valence-corrected chi connectivity index (χ2v) is 7.81. The van der Waals surface area contributed by atoms with E-state index in [1.807, 2.05) is 19.9 Å². The van der Waals surface area contributed by atoms with Crippen LogP contribution in [0.25, 0.3) is 0 Å². The zero-order valence-electron chi connectivity index (χ0n) is 15.3. The standard InChI is InChI=1S/C19H22ClN3O3S/c1-4-8-21-18(25)14-10-23(12(3)5-2)11-15(17(14)24)19(26)22-9-13-6-7-16(20)27-13/h4,6-7,10-12H,1,5,8-9H2,2-3H3,(H,21,25)(H,22,26)/t12-/m1/s1. The Morgan fingerprint density at radius 1 is 1.26 bits per heavy atom. The molecule has 1 atom stereocenters. The molecule has 0 aromatic carbocycles. The maximum Gasteiger partial charge on any atom is 0.257 e. The average molecular weight is 408 g/mol. The maximum atomic E-state index is 12.7. The van der Waals surface area contributed by atoms with Gasteiger partial charge in [0, 0.05) is 29.9 Å². The van der Waals surface area contributed by atoms with Crippen molar-refractivity contribution in [2.75, 3.05) is 6.54 Å². The van der Waals surface area contributed by atoms with Gasteiger partial charge in [-0.15, -0.1) is 17.9 Å². The van der Waals surface area contributed by atoms with Gasteiger partial charge in [0.1, 0.15) is 11.1 Å². The molecular formula is C19H22ClN3O3S. The SMILES string of the molecule is C=CCNC(=O)c1cn([C@H](C)CC)cc(C(=O)NCc2ccc(Cl)s2)c1=O. The summed E-state index contributed by atoms with van der Waals surface area (Å²) in [5.74, 6) is -1.06. The molecule has 2 N–H and O–H groups in total. The molecule has 0 saturated carbocycles. The van der Waals surface area contributed by atoms with E-state index in [4.69, 9.17) is 11.6 Å². The minimum Gasteiger partial charge on any atom is -0.350 e. The van der Waals surface area contributed by atoms with Crippen LogP contribution in [0.2, 0.25) is 4.34 Å². The molecule has 0 aliphatic rings. The molecule has 0 saturated heterocycles. The van der Waals surface area contributed by atoms with E-state index in [2.05, 4.69) is 17.2 Å². The van der Waals surface area contributed by atoms with E-state index in [9.17, 15) is 14.4 Å². The first-order valence-corrected chi connectivity index (χ1v) is 9.74. The molecule has 0 bridgehead atoms. The lowest BCUT2D eigenvalue weighted by Gasteiger charge is -2.17. The van der Waals surface area contributed by atoms with Gasteiger partial charge < -0.3 is 15.2 Å². The molecule has 0 fully saturated rings. The van der Waals surface area contributed by atoms with Gasteiger partial charge in [0.05, 0.1) is 10.9 Å². The number of hydrogen-bond acceptors (Lipinski definition) is 4. The minimum absolute atomic E-state index is 0.0270. The van der Waals surface area contributed by atoms with Crippen molar-refractivity contribution in [1.82, 2.24) is 15.2 Å². The van der Waals surface area contributed by atoms with Crippen LogP contribution in [0.5, 0.6) is 0 Å². The third-order valence-electron chi connectivity index (χ3n) is 4.09. The van der Waals surface area contributed by atoms with Crippen LogP contribution in [0.3, 0.4) is 0 Å². The number of carbonyl (C=O) groups is 2. The summed E-state index contributed by atoms with van der Waals surface area (Å²) < 4.78 is 2.35. The molecule has 27 heavy (non-hydrogen) atoms. The summed E-state index contributed by atoms with van der Waals surface area (Å²) in [5.41, 5.74) is -0.731. The zero-order chi connectivity index (χ0) is 20.0. The number of aromatic nitrogens is 1. The number of halogens is 1. The van der Waals surface area contributed by atoms with Crippen LogP contribution in [-0.4, -0.2) is 22.9 Å². The first kappa shape index (κ1) is 20.9. The normalized spacial score (nSPS) is 11.7. The van der Waals surface area contributed by atoms with Crippen LogP contribution in [0.1, 0.15) is 51.9 Å². The Hall–Kier alpha value is -2.38. The topological polar surface area (TPSA) is 80.2 Å². The maximum absolute atomic E-state index is 12.7. The second-order valence-electron chi connectivity index (χ2n) is 6.01. The molecule has 2 rings (SSSR count). The summed E-state index contributed by atoms with van der Waals surface area (Å²) in [6.45, 7) is 7.96. The first-order chi connectivity index (χ1) is 12.9. The summed E-state index contributed by atoms with van der Waals surface area (Å²) in [5, 5.41) is 5.30. The highest BCUT2D eigenvalue weighted by Gasteiger charge is 2.20. The predicted octanol–water partition coefficient (Wildman–Crippen LogP) is 3.38. The quantitative estimate of drug-likeness (QED) is 0.658. The number of carbonyl (C=O) groups excluding carboxylic acids is 2. The van der Waals surface area contributed by atoms with Crippen LogP contribution in [-0.2, 0) is 6.54 Å². The van der Waals surface area contributed by atoms with Crippen LogP contribution in [0.15, 0.2) is 42.0 Å². The lowest BCUT2D eigenvalue weighted by atomic mass is 10.1. The summed E-state index contributed by atoms with van der Waals surface area (Å²) >= 11 is 7.24. The highest BCUT2D eigenvalue weighted by Crippen LogP contribution is 2.21. The Kier molecular flexibility index (Phi) is 7.38. The van der Waals surface area contributed by atoms with E-state index in [1.165, 1.54) is 29.8 Å². The monoisotopic (exact) mass is 407 g/mol. The van der Waals surface area contributed by atoms with E-state index in [0.29, 0.717) is 4.34 Å². The van der Waals surface area contributed by atoms with Crippen molar-refractivity contribution >= 4 is 34.8 Å². The van der Waals surface area contributed by atoms with E-state index >= 15 is 0 Å². The van der Waals surface area contributed by atoms with Crippen LogP contribution < -0.4 is 16.1 Å². The summed E-state index contributed by atoms with van der Waals surface area (Å²) in [6, 6.07) is 3.58. The Balaban J connectivity index is 2.34. The number of nitrogens with zero attached hydrogens (tertiary/aromatic N) is 1. The van der Waals surface area contributed by atoms with Gasteiger partial charge in [0.25, 0.3) is 11.8 Å². The van der Waals surface area contributed by atoms with E-state index < -0.39 is 17.2 Å². The summed E-state index contributed by atoms with van der Waals surface area (Å²) in [4.78, 5) is 38.5. The van der Waals surface area contributed by atoms with Gasteiger partial charge in [-0.25, -0.2) is 0 Å². The minimum atomic E-state index is -0.599. The van der Waals surface area contributed by atoms with Gasteiger partial charge in [-0.3, -0.25) is 14.4 Å². The van der Waals surface area contributed by atoms with Crippen LogP contribution in [0.4, 0.5) is 0 Å². The van der Waals surface area contributed by atoms with Crippen molar-refractivity contribution < 1.29 is 9.59 Å². The Bertz CT molecular complexity index is 904. The third-order valence-corrected chi connectivity index (χ3v) is 5.32. The lowest BCUT2D eigenvalue weighted by molar-refractivity contribution is 0.0949. The molecule has 0 aliphatic carbocycles. The van der Waals surface area contributed by atoms with Crippen molar-refractivity contribution in [3.63, 3.8) is 0 Å². The van der Waals surface area contributed by atoms with Crippen molar-refractivity contribution in [1.29, 1.82) is 0 Å². The first-order valence-electron chi connectivity index (χ1n) is 8.54. The molecule has 0 radical (unpaired) electrons. The summed E-state index contributed by atoms with van der Waals surface area (Å²) in [6.07, 6.45) is 5.29. The van der Waals surface area contributed by atoms with Gasteiger partial charge >= 0.3 is 0 Å². The fraction of sp³-hybridized carbons (Fsp3) is 0.316. The fourth-order valence-electron chi connectivity index (χ4n) is 2.36. The number of amides is 2. The number of hydrogen-bond donors (Lipinski definition) is 2. The Morgan fingerprint density at radius 3 is 2.41 bits per heavy atom. The molecule has 8 heteroatoms. The van der Waals surface area contributed by atoms with Crippen molar-refractivity contribution in [2.45, 2.75) is 32.9 Å². The smallest absolute Gasteiger partial charge is 0.257 e. The van der Waals surface area contributed by atoms with Crippen molar-refractivity contribution in [3.05, 3.63) is 67.7 Å². The second kappa shape index (κ2) is 9.53. The molecule has 2 heterocycles. The van der Waals surface area contributed by atoms with E-state index in [0.717, 1.165) is 11.3 Å². The Labute approximate surface area is 166 Å². The van der Waals surface area contributed by atoms with Crippen molar-refractivity contribution in [2.24, 2.45) is 0 Å². The molecular weight excluding hydrogens is 386 g/mol. The average Bonchev–Trinajstić information content (AvgIpc) is 3.08. The van der Waals surface area contributed by atoms with Gasteiger partial charge in [0.2, 0.25) is 5.43 Å². The largest absolute Gasteiger partial charge is 0.350 e. The fourth-order valence-corrected chi connectivity index (χ4v) is 3.38. The number of rotatable bonds is 8. The molecule has 2 amide bonds. The molecule has 0 aliphatic heterocycles. The highest BCUT2D eigenvalue weighted by molar-refractivity contribution is 7.16. The Morgan fingerprint density at radius 2 is 1.89 bits per heavy atom.